The fourth-order valence-electron chi connectivity index (χ4n) is 2.98. The molecular formula is C17H18O2. The molecular weight excluding hydrogens is 236 g/mol. The van der Waals surface area contributed by atoms with Crippen molar-refractivity contribution in [2.45, 2.75) is 32.3 Å². The van der Waals surface area contributed by atoms with E-state index in [0.29, 0.717) is 0 Å². The van der Waals surface area contributed by atoms with E-state index < -0.39 is 0 Å². The summed E-state index contributed by atoms with van der Waals surface area (Å²) in [5.41, 5.74) is 6.69. The Morgan fingerprint density at radius 3 is 2.47 bits per heavy atom. The number of hydrogen-bond donors (Lipinski definition) is 1. The van der Waals surface area contributed by atoms with Gasteiger partial charge in [0.2, 0.25) is 0 Å². The Kier molecular flexibility index (Phi) is 2.92. The molecule has 1 aliphatic rings. The van der Waals surface area contributed by atoms with Gasteiger partial charge < -0.3 is 0 Å². The van der Waals surface area contributed by atoms with Crippen LogP contribution >= 0.6 is 0 Å². The first kappa shape index (κ1) is 12.4. The first-order valence-corrected chi connectivity index (χ1v) is 6.60. The molecule has 0 radical (unpaired) electrons. The monoisotopic (exact) mass is 254 g/mol. The molecule has 98 valence electrons. The van der Waals surface area contributed by atoms with Crippen LogP contribution in [0.3, 0.4) is 0 Å². The van der Waals surface area contributed by atoms with E-state index >= 15 is 0 Å². The molecule has 0 aliphatic heterocycles. The lowest BCUT2D eigenvalue weighted by Crippen LogP contribution is -2.00. The highest BCUT2D eigenvalue weighted by atomic mass is 17.1. The highest BCUT2D eigenvalue weighted by molar-refractivity contribution is 5.64. The van der Waals surface area contributed by atoms with Gasteiger partial charge >= 0.3 is 0 Å². The molecule has 0 heterocycles. The second-order valence-electron chi connectivity index (χ2n) is 5.69. The van der Waals surface area contributed by atoms with Gasteiger partial charge in [0.05, 0.1) is 0 Å². The highest BCUT2D eigenvalue weighted by Gasteiger charge is 2.44. The lowest BCUT2D eigenvalue weighted by Gasteiger charge is -2.09. The summed E-state index contributed by atoms with van der Waals surface area (Å²) < 4.78 is 0. The fraction of sp³-hybridized carbons (Fsp3) is 0.294. The fourth-order valence-corrected chi connectivity index (χ4v) is 2.98. The van der Waals surface area contributed by atoms with Gasteiger partial charge in [-0.3, -0.25) is 5.26 Å². The first-order valence-electron chi connectivity index (χ1n) is 6.60. The van der Waals surface area contributed by atoms with Crippen molar-refractivity contribution in [1.29, 1.82) is 0 Å². The first-order chi connectivity index (χ1) is 9.14. The summed E-state index contributed by atoms with van der Waals surface area (Å²) in [6, 6.07) is 14.6. The minimum Gasteiger partial charge on any atom is -0.251 e. The maximum atomic E-state index is 8.75. The summed E-state index contributed by atoms with van der Waals surface area (Å²) in [4.78, 5) is 4.35. The minimum atomic E-state index is 0.178. The van der Waals surface area contributed by atoms with Gasteiger partial charge in [-0.15, -0.1) is 0 Å². The summed E-state index contributed by atoms with van der Waals surface area (Å²) >= 11 is 0. The van der Waals surface area contributed by atoms with Gasteiger partial charge in [-0.2, -0.15) is 0 Å². The van der Waals surface area contributed by atoms with Crippen molar-refractivity contribution in [3.8, 4) is 0 Å². The third-order valence-electron chi connectivity index (χ3n) is 4.09. The van der Waals surface area contributed by atoms with E-state index in [1.807, 2.05) is 6.07 Å². The third kappa shape index (κ3) is 2.07. The highest BCUT2D eigenvalue weighted by Crippen LogP contribution is 2.52. The molecule has 2 aromatic rings. The van der Waals surface area contributed by atoms with Crippen molar-refractivity contribution >= 4 is 0 Å². The quantitative estimate of drug-likeness (QED) is 0.662. The maximum Gasteiger partial charge on any atom is 0.107 e. The molecule has 0 saturated carbocycles. The van der Waals surface area contributed by atoms with Crippen LogP contribution < -0.4 is 0 Å². The van der Waals surface area contributed by atoms with Gasteiger partial charge in [0.15, 0.2) is 0 Å². The van der Waals surface area contributed by atoms with Gasteiger partial charge in [-0.25, -0.2) is 4.89 Å². The van der Waals surface area contributed by atoms with Crippen LogP contribution in [0.1, 0.15) is 41.7 Å². The van der Waals surface area contributed by atoms with E-state index in [1.54, 1.807) is 0 Å². The molecule has 0 amide bonds. The summed E-state index contributed by atoms with van der Waals surface area (Å²) in [6.07, 6.45) is 0.895. The molecule has 2 heteroatoms. The zero-order chi connectivity index (χ0) is 13.5. The molecule has 19 heavy (non-hydrogen) atoms. The molecule has 0 bridgehead atoms. The van der Waals surface area contributed by atoms with Crippen LogP contribution in [0.15, 0.2) is 42.5 Å². The Balaban J connectivity index is 2.01. The Labute approximate surface area is 113 Å². The normalized spacial score (nSPS) is 15.1. The predicted octanol–water partition coefficient (Wildman–Crippen LogP) is 3.91. The average Bonchev–Trinajstić information content (AvgIpc) is 2.96. The summed E-state index contributed by atoms with van der Waals surface area (Å²) in [5.74, 6) is 0. The largest absolute Gasteiger partial charge is 0.251 e. The summed E-state index contributed by atoms with van der Waals surface area (Å²) in [5, 5.41) is 8.75. The predicted molar refractivity (Wildman–Crippen MR) is 75.2 cm³/mol. The van der Waals surface area contributed by atoms with Crippen LogP contribution in [0.4, 0.5) is 0 Å². The van der Waals surface area contributed by atoms with Gasteiger partial charge in [0.25, 0.3) is 0 Å². The van der Waals surface area contributed by atoms with Gasteiger partial charge in [-0.05, 0) is 34.2 Å². The minimum absolute atomic E-state index is 0.178. The van der Waals surface area contributed by atoms with E-state index in [-0.39, 0.29) is 12.0 Å². The summed E-state index contributed by atoms with van der Waals surface area (Å²) in [7, 11) is 0. The van der Waals surface area contributed by atoms with E-state index in [2.05, 4.69) is 55.1 Å². The van der Waals surface area contributed by atoms with E-state index in [4.69, 9.17) is 5.26 Å². The van der Waals surface area contributed by atoms with Crippen LogP contribution in [0, 0.1) is 0 Å². The Morgan fingerprint density at radius 2 is 1.79 bits per heavy atom. The van der Waals surface area contributed by atoms with Crippen molar-refractivity contribution < 1.29 is 10.1 Å². The molecule has 0 saturated heterocycles. The molecule has 2 nitrogen and oxygen atoms in total. The lowest BCUT2D eigenvalue weighted by molar-refractivity contribution is -0.253. The number of rotatable bonds is 4. The second-order valence-corrected chi connectivity index (χ2v) is 5.69. The topological polar surface area (TPSA) is 29.5 Å². The molecule has 0 spiro atoms. The molecule has 2 aromatic carbocycles. The number of hydrogen-bond acceptors (Lipinski definition) is 2. The average molecular weight is 254 g/mol. The van der Waals surface area contributed by atoms with Gasteiger partial charge in [0, 0.05) is 5.41 Å². The molecule has 0 unspecified atom stereocenters. The lowest BCUT2D eigenvalue weighted by atomic mass is 9.97. The molecule has 1 aliphatic carbocycles. The molecule has 0 aromatic heterocycles. The Hall–Kier alpha value is -1.64. The summed E-state index contributed by atoms with van der Waals surface area (Å²) in [6.45, 7) is 4.75. The molecule has 0 atom stereocenters. The number of benzene rings is 2. The van der Waals surface area contributed by atoms with Crippen molar-refractivity contribution in [2.24, 2.45) is 0 Å². The van der Waals surface area contributed by atoms with Crippen molar-refractivity contribution in [3.63, 3.8) is 0 Å². The van der Waals surface area contributed by atoms with E-state index in [9.17, 15) is 0 Å². The van der Waals surface area contributed by atoms with Gasteiger partial charge in [0.1, 0.15) is 6.61 Å². The molecule has 0 fully saturated rings. The van der Waals surface area contributed by atoms with Crippen LogP contribution in [0.5, 0.6) is 0 Å². The molecule has 3 rings (SSSR count). The SMILES string of the molecule is CC1(C)c2ccc(COO)c(Cc3ccccc3)c21. The van der Waals surface area contributed by atoms with E-state index in [0.717, 1.165) is 12.0 Å². The van der Waals surface area contributed by atoms with Crippen molar-refractivity contribution in [1.82, 2.24) is 0 Å². The standard InChI is InChI=1S/C17H18O2/c1-17(2)15-9-8-13(11-19-18)14(16(15)17)10-12-6-4-3-5-7-12/h3-9,18H,10-11H2,1-2H3. The third-order valence-corrected chi connectivity index (χ3v) is 4.09. The number of fused-ring (bicyclic) bond motifs is 1. The van der Waals surface area contributed by atoms with Crippen LogP contribution in [-0.2, 0) is 23.3 Å². The van der Waals surface area contributed by atoms with Crippen LogP contribution in [0.25, 0.3) is 0 Å². The second kappa shape index (κ2) is 4.48. The zero-order valence-corrected chi connectivity index (χ0v) is 11.3. The van der Waals surface area contributed by atoms with Crippen molar-refractivity contribution in [2.75, 3.05) is 0 Å². The zero-order valence-electron chi connectivity index (χ0n) is 11.3. The van der Waals surface area contributed by atoms with Crippen molar-refractivity contribution in [3.05, 3.63) is 70.3 Å². The van der Waals surface area contributed by atoms with E-state index in [1.165, 1.54) is 22.3 Å². The maximum absolute atomic E-state index is 8.75. The smallest absolute Gasteiger partial charge is 0.107 e. The molecule has 1 N–H and O–H groups in total. The van der Waals surface area contributed by atoms with Crippen LogP contribution in [0.2, 0.25) is 0 Å². The Bertz CT molecular complexity index is 600. The van der Waals surface area contributed by atoms with Gasteiger partial charge in [-0.1, -0.05) is 56.3 Å². The van der Waals surface area contributed by atoms with Crippen LogP contribution in [-0.4, -0.2) is 5.26 Å². The Morgan fingerprint density at radius 1 is 1.05 bits per heavy atom.